The summed E-state index contributed by atoms with van der Waals surface area (Å²) in [5.74, 6) is 3.42. The lowest BCUT2D eigenvalue weighted by Gasteiger charge is -2.40. The van der Waals surface area contributed by atoms with Crippen LogP contribution in [-0.2, 0) is 0 Å². The quantitative estimate of drug-likeness (QED) is 0.892. The minimum absolute atomic E-state index is 0.0594. The Bertz CT molecular complexity index is 459. The van der Waals surface area contributed by atoms with Crippen LogP contribution in [-0.4, -0.2) is 23.7 Å². The Balaban J connectivity index is 1.91. The predicted octanol–water partition coefficient (Wildman–Crippen LogP) is 4.15. The van der Waals surface area contributed by atoms with E-state index in [2.05, 4.69) is 46.4 Å². The van der Waals surface area contributed by atoms with Crippen molar-refractivity contribution in [2.24, 2.45) is 0 Å². The predicted molar refractivity (Wildman–Crippen MR) is 85.1 cm³/mol. The highest BCUT2D eigenvalue weighted by Gasteiger charge is 2.43. The Morgan fingerprint density at radius 2 is 2.42 bits per heavy atom. The summed E-state index contributed by atoms with van der Waals surface area (Å²) in [6.07, 6.45) is 3.45. The molecule has 0 bridgehead atoms. The molecule has 104 valence electrons. The molecule has 1 N–H and O–H groups in total. The van der Waals surface area contributed by atoms with Gasteiger partial charge in [-0.2, -0.15) is 11.8 Å². The largest absolute Gasteiger partial charge is 0.486 e. The van der Waals surface area contributed by atoms with Gasteiger partial charge in [0.1, 0.15) is 11.4 Å². The number of benzene rings is 1. The number of hydrogen-bond donors (Lipinski definition) is 1. The Kier molecular flexibility index (Phi) is 4.11. The summed E-state index contributed by atoms with van der Waals surface area (Å²) in [6, 6.07) is 6.88. The van der Waals surface area contributed by atoms with Gasteiger partial charge in [-0.1, -0.05) is 28.9 Å². The highest BCUT2D eigenvalue weighted by atomic mass is 79.9. The van der Waals surface area contributed by atoms with Gasteiger partial charge < -0.3 is 10.1 Å². The number of rotatable bonds is 3. The van der Waals surface area contributed by atoms with Crippen molar-refractivity contribution in [2.45, 2.75) is 37.8 Å². The molecule has 2 unspecified atom stereocenters. The molecule has 0 saturated carbocycles. The zero-order valence-corrected chi connectivity index (χ0v) is 13.6. The molecule has 2 atom stereocenters. The van der Waals surface area contributed by atoms with Crippen LogP contribution in [0.25, 0.3) is 0 Å². The van der Waals surface area contributed by atoms with E-state index in [1.54, 1.807) is 0 Å². The van der Waals surface area contributed by atoms with Crippen LogP contribution in [0.5, 0.6) is 5.75 Å². The van der Waals surface area contributed by atoms with E-state index in [1.807, 2.05) is 11.8 Å². The van der Waals surface area contributed by atoms with Gasteiger partial charge in [0.25, 0.3) is 0 Å². The van der Waals surface area contributed by atoms with Gasteiger partial charge in [-0.25, -0.2) is 0 Å². The molecule has 19 heavy (non-hydrogen) atoms. The summed E-state index contributed by atoms with van der Waals surface area (Å²) in [6.45, 7) is 3.29. The summed E-state index contributed by atoms with van der Waals surface area (Å²) in [5, 5.41) is 3.69. The maximum absolute atomic E-state index is 6.38. The molecule has 2 aliphatic heterocycles. The Morgan fingerprint density at radius 1 is 1.53 bits per heavy atom. The van der Waals surface area contributed by atoms with Crippen molar-refractivity contribution in [3.63, 3.8) is 0 Å². The Hall–Kier alpha value is -0.190. The fourth-order valence-electron chi connectivity index (χ4n) is 2.97. The number of thioether (sulfide) groups is 1. The van der Waals surface area contributed by atoms with E-state index >= 15 is 0 Å². The van der Waals surface area contributed by atoms with Crippen LogP contribution >= 0.6 is 27.7 Å². The first-order valence-electron chi connectivity index (χ1n) is 7.02. The van der Waals surface area contributed by atoms with Crippen molar-refractivity contribution >= 4 is 27.7 Å². The molecular weight excluding hydrogens is 322 g/mol. The van der Waals surface area contributed by atoms with Crippen LogP contribution in [0.4, 0.5) is 0 Å². The SMILES string of the molecule is CCCNC1CC2(CCSC2)Oc2cc(Br)ccc21. The molecule has 0 aliphatic carbocycles. The van der Waals surface area contributed by atoms with Crippen LogP contribution in [0, 0.1) is 0 Å². The van der Waals surface area contributed by atoms with Gasteiger partial charge in [0.2, 0.25) is 0 Å². The lowest BCUT2D eigenvalue weighted by Crippen LogP contribution is -2.44. The summed E-state index contributed by atoms with van der Waals surface area (Å²) < 4.78 is 7.48. The van der Waals surface area contributed by atoms with Gasteiger partial charge in [0.15, 0.2) is 0 Å². The maximum Gasteiger partial charge on any atom is 0.126 e. The average molecular weight is 342 g/mol. The molecule has 1 aromatic rings. The van der Waals surface area contributed by atoms with Gasteiger partial charge in [0, 0.05) is 28.3 Å². The summed E-state index contributed by atoms with van der Waals surface area (Å²) >= 11 is 5.57. The van der Waals surface area contributed by atoms with Crippen molar-refractivity contribution in [1.29, 1.82) is 0 Å². The van der Waals surface area contributed by atoms with Crippen molar-refractivity contribution in [1.82, 2.24) is 5.32 Å². The molecule has 0 aromatic heterocycles. The van der Waals surface area contributed by atoms with Crippen molar-refractivity contribution in [3.05, 3.63) is 28.2 Å². The maximum atomic E-state index is 6.38. The van der Waals surface area contributed by atoms with Crippen LogP contribution in [0.2, 0.25) is 0 Å². The van der Waals surface area contributed by atoms with Gasteiger partial charge in [-0.05, 0) is 37.3 Å². The normalized spacial score (nSPS) is 29.3. The Labute approximate surface area is 127 Å². The third-order valence-corrected chi connectivity index (χ3v) is 5.68. The third-order valence-electron chi connectivity index (χ3n) is 3.96. The van der Waals surface area contributed by atoms with E-state index in [0.29, 0.717) is 6.04 Å². The van der Waals surface area contributed by atoms with Gasteiger partial charge >= 0.3 is 0 Å². The number of nitrogens with one attached hydrogen (secondary N) is 1. The third kappa shape index (κ3) is 2.81. The second kappa shape index (κ2) is 5.66. The molecule has 1 spiro atoms. The van der Waals surface area contributed by atoms with E-state index in [0.717, 1.165) is 28.9 Å². The number of hydrogen-bond acceptors (Lipinski definition) is 3. The molecule has 1 aromatic carbocycles. The van der Waals surface area contributed by atoms with Gasteiger partial charge in [-0.15, -0.1) is 0 Å². The highest BCUT2D eigenvalue weighted by Crippen LogP contribution is 2.46. The molecule has 4 heteroatoms. The van der Waals surface area contributed by atoms with Gasteiger partial charge in [-0.3, -0.25) is 0 Å². The second-order valence-electron chi connectivity index (χ2n) is 5.48. The highest BCUT2D eigenvalue weighted by molar-refractivity contribution is 9.10. The second-order valence-corrected chi connectivity index (χ2v) is 7.50. The zero-order chi connectivity index (χ0) is 13.3. The van der Waals surface area contributed by atoms with Crippen LogP contribution < -0.4 is 10.1 Å². The molecule has 0 radical (unpaired) electrons. The van der Waals surface area contributed by atoms with Gasteiger partial charge in [0.05, 0.1) is 0 Å². The first-order chi connectivity index (χ1) is 9.22. The van der Waals surface area contributed by atoms with Crippen molar-refractivity contribution in [2.75, 3.05) is 18.1 Å². The molecule has 2 aliphatic rings. The lowest BCUT2D eigenvalue weighted by molar-refractivity contribution is 0.0551. The summed E-state index contributed by atoms with van der Waals surface area (Å²) in [5.41, 5.74) is 1.38. The topological polar surface area (TPSA) is 21.3 Å². The summed E-state index contributed by atoms with van der Waals surface area (Å²) in [7, 11) is 0. The first kappa shape index (κ1) is 13.8. The number of ether oxygens (including phenoxy) is 1. The van der Waals surface area contributed by atoms with Crippen LogP contribution in [0.3, 0.4) is 0 Å². The number of halogens is 1. The van der Waals surface area contributed by atoms with E-state index < -0.39 is 0 Å². The standard InChI is InChI=1S/C15H20BrNOS/c1-2-6-17-13-9-15(5-7-19-10-15)18-14-8-11(16)3-4-12(13)14/h3-4,8,13,17H,2,5-7,9-10H2,1H3. The van der Waals surface area contributed by atoms with Crippen LogP contribution in [0.15, 0.2) is 22.7 Å². The molecule has 1 saturated heterocycles. The van der Waals surface area contributed by atoms with Crippen molar-refractivity contribution in [3.8, 4) is 5.75 Å². The Morgan fingerprint density at radius 3 is 3.16 bits per heavy atom. The molecule has 2 nitrogen and oxygen atoms in total. The smallest absolute Gasteiger partial charge is 0.126 e. The molecular formula is C15H20BrNOS. The number of fused-ring (bicyclic) bond motifs is 1. The molecule has 1 fully saturated rings. The summed E-state index contributed by atoms with van der Waals surface area (Å²) in [4.78, 5) is 0. The minimum Gasteiger partial charge on any atom is -0.486 e. The van der Waals surface area contributed by atoms with E-state index in [-0.39, 0.29) is 5.60 Å². The molecule has 3 rings (SSSR count). The van der Waals surface area contributed by atoms with Crippen molar-refractivity contribution < 1.29 is 4.74 Å². The van der Waals surface area contributed by atoms with E-state index in [4.69, 9.17) is 4.74 Å². The lowest BCUT2D eigenvalue weighted by atomic mass is 9.86. The van der Waals surface area contributed by atoms with Crippen LogP contribution in [0.1, 0.15) is 37.8 Å². The minimum atomic E-state index is 0.0594. The zero-order valence-electron chi connectivity index (χ0n) is 11.2. The molecule has 2 heterocycles. The fourth-order valence-corrected chi connectivity index (χ4v) is 4.67. The monoisotopic (exact) mass is 341 g/mol. The molecule has 0 amide bonds. The fraction of sp³-hybridized carbons (Fsp3) is 0.600. The van der Waals surface area contributed by atoms with E-state index in [1.165, 1.54) is 24.2 Å². The van der Waals surface area contributed by atoms with E-state index in [9.17, 15) is 0 Å². The first-order valence-corrected chi connectivity index (χ1v) is 8.97. The average Bonchev–Trinajstić information content (AvgIpc) is 2.83.